The van der Waals surface area contributed by atoms with Gasteiger partial charge in [-0.1, -0.05) is 12.1 Å². The molecule has 3 rings (SSSR count). The molecule has 0 spiro atoms. The first-order chi connectivity index (χ1) is 12.9. The van der Waals surface area contributed by atoms with E-state index < -0.39 is 0 Å². The van der Waals surface area contributed by atoms with Crippen molar-refractivity contribution in [3.05, 3.63) is 47.3 Å². The number of hydrogen-bond acceptors (Lipinski definition) is 4. The van der Waals surface area contributed by atoms with Crippen LogP contribution >= 0.6 is 0 Å². The molecular formula is C21H29N3O3. The summed E-state index contributed by atoms with van der Waals surface area (Å²) in [6, 6.07) is 9.68. The quantitative estimate of drug-likeness (QED) is 0.722. The fourth-order valence-electron chi connectivity index (χ4n) is 2.91. The molecule has 6 nitrogen and oxygen atoms in total. The summed E-state index contributed by atoms with van der Waals surface area (Å²) in [5, 5.41) is 7.71. The van der Waals surface area contributed by atoms with Crippen molar-refractivity contribution in [2.24, 2.45) is 0 Å². The van der Waals surface area contributed by atoms with Crippen molar-refractivity contribution in [3.63, 3.8) is 0 Å². The molecule has 0 aliphatic heterocycles. The van der Waals surface area contributed by atoms with Gasteiger partial charge in [-0.2, -0.15) is 5.10 Å². The van der Waals surface area contributed by atoms with Crippen molar-refractivity contribution in [2.45, 2.75) is 51.6 Å². The normalized spacial score (nSPS) is 14.2. The highest BCUT2D eigenvalue weighted by atomic mass is 16.5. The van der Waals surface area contributed by atoms with Crippen molar-refractivity contribution < 1.29 is 14.3 Å². The summed E-state index contributed by atoms with van der Waals surface area (Å²) in [6.07, 6.45) is 2.33. The standard InChI is InChI=1S/C21H29N3O3/c1-21(2,3)24-19(13-18(23-24)16-8-9-16)20(25)22-14-15-6-5-7-17(12-15)27-11-10-26-4/h5-7,12-13,16H,8-11,14H2,1-4H3,(H,22,25). The Hall–Kier alpha value is -2.34. The second-order valence-electron chi connectivity index (χ2n) is 7.98. The van der Waals surface area contributed by atoms with E-state index in [-0.39, 0.29) is 11.4 Å². The van der Waals surface area contributed by atoms with Crippen LogP contribution in [0.25, 0.3) is 0 Å². The highest BCUT2D eigenvalue weighted by molar-refractivity contribution is 5.92. The van der Waals surface area contributed by atoms with Gasteiger partial charge in [0.15, 0.2) is 0 Å². The molecule has 6 heteroatoms. The summed E-state index contributed by atoms with van der Waals surface area (Å²) >= 11 is 0. The van der Waals surface area contributed by atoms with Crippen LogP contribution in [0.2, 0.25) is 0 Å². The predicted octanol–water partition coefficient (Wildman–Crippen LogP) is 3.47. The minimum absolute atomic E-state index is 0.102. The van der Waals surface area contributed by atoms with Crippen LogP contribution in [0.15, 0.2) is 30.3 Å². The molecule has 1 aromatic carbocycles. The highest BCUT2D eigenvalue weighted by Gasteiger charge is 2.31. The van der Waals surface area contributed by atoms with Gasteiger partial charge in [0, 0.05) is 19.6 Å². The molecule has 1 amide bonds. The summed E-state index contributed by atoms with van der Waals surface area (Å²) < 4.78 is 12.5. The molecular weight excluding hydrogens is 342 g/mol. The zero-order valence-corrected chi connectivity index (χ0v) is 16.6. The average molecular weight is 371 g/mol. The van der Waals surface area contributed by atoms with Gasteiger partial charge < -0.3 is 14.8 Å². The summed E-state index contributed by atoms with van der Waals surface area (Å²) in [4.78, 5) is 12.8. The molecule has 0 unspecified atom stereocenters. The molecule has 1 heterocycles. The number of hydrogen-bond donors (Lipinski definition) is 1. The number of carbonyl (C=O) groups excluding carboxylic acids is 1. The number of benzene rings is 1. The Kier molecular flexibility index (Phi) is 5.85. The van der Waals surface area contributed by atoms with Gasteiger partial charge in [0.05, 0.1) is 17.8 Å². The van der Waals surface area contributed by atoms with Crippen LogP contribution in [0, 0.1) is 0 Å². The van der Waals surface area contributed by atoms with Gasteiger partial charge in [0.25, 0.3) is 5.91 Å². The Morgan fingerprint density at radius 1 is 1.26 bits per heavy atom. The molecule has 1 N–H and O–H groups in total. The first-order valence-corrected chi connectivity index (χ1v) is 9.48. The molecule has 0 saturated heterocycles. The second-order valence-corrected chi connectivity index (χ2v) is 7.98. The van der Waals surface area contributed by atoms with Crippen LogP contribution in [0.1, 0.15) is 61.3 Å². The molecule has 0 radical (unpaired) electrons. The van der Waals surface area contributed by atoms with E-state index in [2.05, 4.69) is 26.1 Å². The fraction of sp³-hybridized carbons (Fsp3) is 0.524. The SMILES string of the molecule is COCCOc1cccc(CNC(=O)c2cc(C3CC3)nn2C(C)(C)C)c1. The van der Waals surface area contributed by atoms with Gasteiger partial charge >= 0.3 is 0 Å². The third-order valence-corrected chi connectivity index (χ3v) is 4.50. The van der Waals surface area contributed by atoms with Crippen LogP contribution in [0.3, 0.4) is 0 Å². The smallest absolute Gasteiger partial charge is 0.269 e. The van der Waals surface area contributed by atoms with E-state index >= 15 is 0 Å². The molecule has 1 aliphatic carbocycles. The topological polar surface area (TPSA) is 65.4 Å². The van der Waals surface area contributed by atoms with Gasteiger partial charge in [-0.3, -0.25) is 9.48 Å². The van der Waals surface area contributed by atoms with E-state index in [1.807, 2.05) is 35.0 Å². The van der Waals surface area contributed by atoms with Gasteiger partial charge in [-0.25, -0.2) is 0 Å². The fourth-order valence-corrected chi connectivity index (χ4v) is 2.91. The second kappa shape index (κ2) is 8.13. The maximum absolute atomic E-state index is 12.8. The summed E-state index contributed by atoms with van der Waals surface area (Å²) in [5.41, 5.74) is 2.40. The molecule has 1 fully saturated rings. The number of carbonyl (C=O) groups is 1. The van der Waals surface area contributed by atoms with E-state index in [0.29, 0.717) is 31.4 Å². The molecule has 1 aliphatic rings. The lowest BCUT2D eigenvalue weighted by atomic mass is 10.1. The number of aromatic nitrogens is 2. The Morgan fingerprint density at radius 2 is 2.04 bits per heavy atom. The lowest BCUT2D eigenvalue weighted by molar-refractivity contribution is 0.0932. The van der Waals surface area contributed by atoms with Crippen molar-refractivity contribution in [3.8, 4) is 5.75 Å². The molecule has 1 saturated carbocycles. The van der Waals surface area contributed by atoms with Crippen LogP contribution in [0.4, 0.5) is 0 Å². The van der Waals surface area contributed by atoms with Crippen LogP contribution in [-0.2, 0) is 16.8 Å². The van der Waals surface area contributed by atoms with E-state index in [1.165, 1.54) is 0 Å². The van der Waals surface area contributed by atoms with Crippen LogP contribution < -0.4 is 10.1 Å². The van der Waals surface area contributed by atoms with E-state index in [4.69, 9.17) is 14.6 Å². The van der Waals surface area contributed by atoms with Crippen LogP contribution in [-0.4, -0.2) is 36.0 Å². The Labute approximate surface area is 160 Å². The number of rotatable bonds is 8. The zero-order chi connectivity index (χ0) is 19.4. The Bertz CT molecular complexity index is 788. The van der Waals surface area contributed by atoms with Gasteiger partial charge in [0.2, 0.25) is 0 Å². The van der Waals surface area contributed by atoms with Gasteiger partial charge in [-0.15, -0.1) is 0 Å². The molecule has 146 valence electrons. The minimum atomic E-state index is -0.241. The van der Waals surface area contributed by atoms with Crippen molar-refractivity contribution in [1.29, 1.82) is 0 Å². The Balaban J connectivity index is 1.66. The number of amides is 1. The van der Waals surface area contributed by atoms with E-state index in [1.54, 1.807) is 7.11 Å². The number of nitrogens with zero attached hydrogens (tertiary/aromatic N) is 2. The lowest BCUT2D eigenvalue weighted by Crippen LogP contribution is -2.32. The third-order valence-electron chi connectivity index (χ3n) is 4.50. The molecule has 27 heavy (non-hydrogen) atoms. The lowest BCUT2D eigenvalue weighted by Gasteiger charge is -2.22. The summed E-state index contributed by atoms with van der Waals surface area (Å²) in [6.45, 7) is 7.67. The third kappa shape index (κ3) is 5.10. The van der Waals surface area contributed by atoms with Gasteiger partial charge in [0.1, 0.15) is 18.1 Å². The monoisotopic (exact) mass is 371 g/mol. The van der Waals surface area contributed by atoms with Crippen LogP contribution in [0.5, 0.6) is 5.75 Å². The van der Waals surface area contributed by atoms with Gasteiger partial charge in [-0.05, 0) is 57.4 Å². The first kappa shape index (κ1) is 19.4. The van der Waals surface area contributed by atoms with Crippen molar-refractivity contribution in [2.75, 3.05) is 20.3 Å². The molecule has 0 atom stereocenters. The molecule has 0 bridgehead atoms. The summed E-state index contributed by atoms with van der Waals surface area (Å²) in [5.74, 6) is 1.19. The number of ether oxygens (including phenoxy) is 2. The van der Waals surface area contributed by atoms with Crippen molar-refractivity contribution >= 4 is 5.91 Å². The highest BCUT2D eigenvalue weighted by Crippen LogP contribution is 2.40. The molecule has 1 aromatic heterocycles. The summed E-state index contributed by atoms with van der Waals surface area (Å²) in [7, 11) is 1.65. The van der Waals surface area contributed by atoms with E-state index in [0.717, 1.165) is 29.8 Å². The number of methoxy groups -OCH3 is 1. The number of nitrogens with one attached hydrogen (secondary N) is 1. The average Bonchev–Trinajstić information content (AvgIpc) is 3.37. The minimum Gasteiger partial charge on any atom is -0.491 e. The van der Waals surface area contributed by atoms with E-state index in [9.17, 15) is 4.79 Å². The predicted molar refractivity (Wildman–Crippen MR) is 104 cm³/mol. The zero-order valence-electron chi connectivity index (χ0n) is 16.6. The first-order valence-electron chi connectivity index (χ1n) is 9.48. The maximum Gasteiger partial charge on any atom is 0.269 e. The van der Waals surface area contributed by atoms with Crippen molar-refractivity contribution in [1.82, 2.24) is 15.1 Å². The molecule has 2 aromatic rings. The maximum atomic E-state index is 12.8. The Morgan fingerprint density at radius 3 is 2.70 bits per heavy atom. The largest absolute Gasteiger partial charge is 0.491 e.